The van der Waals surface area contributed by atoms with E-state index in [0.717, 1.165) is 5.56 Å². The third-order valence-electron chi connectivity index (χ3n) is 4.77. The molecule has 1 unspecified atom stereocenters. The molecule has 0 radical (unpaired) electrons. The van der Waals surface area contributed by atoms with Crippen molar-refractivity contribution >= 4 is 16.7 Å². The molecule has 1 aliphatic rings. The zero-order valence-electron chi connectivity index (χ0n) is 15.2. The number of ether oxygens (including phenoxy) is 1. The maximum atomic E-state index is 13.2. The predicted molar refractivity (Wildman–Crippen MR) is 103 cm³/mol. The number of amides is 1. The van der Waals surface area contributed by atoms with Crippen molar-refractivity contribution in [3.63, 3.8) is 0 Å². The van der Waals surface area contributed by atoms with E-state index in [1.165, 1.54) is 4.68 Å². The highest BCUT2D eigenvalue weighted by atomic mass is 16.5. The summed E-state index contributed by atoms with van der Waals surface area (Å²) < 4.78 is 6.92. The maximum absolute atomic E-state index is 13.2. The topological polar surface area (TPSA) is 64.4 Å². The lowest BCUT2D eigenvalue weighted by Crippen LogP contribution is -2.45. The fraction of sp³-hybridized carbons (Fsp3) is 0.286. The van der Waals surface area contributed by atoms with Gasteiger partial charge in [0.05, 0.1) is 24.6 Å². The monoisotopic (exact) mass is 363 g/mol. The minimum atomic E-state index is -0.193. The zero-order valence-corrected chi connectivity index (χ0v) is 15.2. The van der Waals surface area contributed by atoms with Crippen molar-refractivity contribution in [2.24, 2.45) is 0 Å². The molecule has 1 atom stereocenters. The first-order chi connectivity index (χ1) is 13.1. The SMILES string of the molecule is CC1CN(C(=O)c2nn(Cc3ccccc3)c(=O)c3ccccc23)CCO1. The molecule has 4 rings (SSSR count). The third kappa shape index (κ3) is 3.48. The number of nitrogens with zero attached hydrogens (tertiary/aromatic N) is 3. The minimum absolute atomic E-state index is 0.0100. The van der Waals surface area contributed by atoms with Gasteiger partial charge >= 0.3 is 0 Å². The Morgan fingerprint density at radius 1 is 1.11 bits per heavy atom. The number of carbonyl (C=O) groups excluding carboxylic acids is 1. The molecule has 1 fully saturated rings. The zero-order chi connectivity index (χ0) is 18.8. The van der Waals surface area contributed by atoms with E-state index in [1.54, 1.807) is 17.0 Å². The van der Waals surface area contributed by atoms with Gasteiger partial charge in [-0.2, -0.15) is 5.10 Å². The van der Waals surface area contributed by atoms with Crippen LogP contribution in [0.4, 0.5) is 0 Å². The van der Waals surface area contributed by atoms with Gasteiger partial charge in [0, 0.05) is 18.5 Å². The lowest BCUT2D eigenvalue weighted by atomic mass is 10.1. The van der Waals surface area contributed by atoms with Gasteiger partial charge in [0.25, 0.3) is 11.5 Å². The molecule has 6 heteroatoms. The number of rotatable bonds is 3. The standard InChI is InChI=1S/C21H21N3O3/c1-15-13-23(11-12-27-15)21(26)19-17-9-5-6-10-18(17)20(25)24(22-19)14-16-7-3-2-4-8-16/h2-10,15H,11-14H2,1H3. The van der Waals surface area contributed by atoms with Gasteiger partial charge in [-0.05, 0) is 18.6 Å². The van der Waals surface area contributed by atoms with E-state index in [9.17, 15) is 9.59 Å². The Bertz CT molecular complexity index is 1030. The number of morpholine rings is 1. The molecule has 0 N–H and O–H groups in total. The molecule has 0 spiro atoms. The summed E-state index contributed by atoms with van der Waals surface area (Å²) in [7, 11) is 0. The van der Waals surface area contributed by atoms with Crippen LogP contribution in [0.25, 0.3) is 10.8 Å². The van der Waals surface area contributed by atoms with Crippen LogP contribution in [-0.4, -0.2) is 46.4 Å². The highest BCUT2D eigenvalue weighted by Crippen LogP contribution is 2.17. The molecule has 0 bridgehead atoms. The summed E-state index contributed by atoms with van der Waals surface area (Å²) in [5, 5.41) is 5.57. The average Bonchev–Trinajstić information content (AvgIpc) is 2.70. The molecule has 1 saturated heterocycles. The first-order valence-corrected chi connectivity index (χ1v) is 9.08. The minimum Gasteiger partial charge on any atom is -0.375 e. The Hall–Kier alpha value is -2.99. The van der Waals surface area contributed by atoms with Crippen LogP contribution in [0.15, 0.2) is 59.4 Å². The van der Waals surface area contributed by atoms with Gasteiger partial charge < -0.3 is 9.64 Å². The molecule has 138 valence electrons. The lowest BCUT2D eigenvalue weighted by Gasteiger charge is -2.31. The fourth-order valence-electron chi connectivity index (χ4n) is 3.41. The lowest BCUT2D eigenvalue weighted by molar-refractivity contribution is -0.0126. The summed E-state index contributed by atoms with van der Waals surface area (Å²) in [6, 6.07) is 16.8. The Morgan fingerprint density at radius 2 is 1.81 bits per heavy atom. The molecule has 2 aromatic carbocycles. The van der Waals surface area contributed by atoms with Crippen molar-refractivity contribution in [2.75, 3.05) is 19.7 Å². The van der Waals surface area contributed by atoms with E-state index in [-0.39, 0.29) is 17.6 Å². The summed E-state index contributed by atoms with van der Waals surface area (Å²) in [4.78, 5) is 27.8. The van der Waals surface area contributed by atoms with Crippen molar-refractivity contribution in [3.8, 4) is 0 Å². The van der Waals surface area contributed by atoms with E-state index in [1.807, 2.05) is 49.4 Å². The number of fused-ring (bicyclic) bond motifs is 1. The Labute approximate surface area is 157 Å². The van der Waals surface area contributed by atoms with Gasteiger partial charge in [-0.15, -0.1) is 0 Å². The van der Waals surface area contributed by atoms with Crippen LogP contribution < -0.4 is 5.56 Å². The fourth-order valence-corrected chi connectivity index (χ4v) is 3.41. The quantitative estimate of drug-likeness (QED) is 0.716. The molecular formula is C21H21N3O3. The molecule has 0 saturated carbocycles. The smallest absolute Gasteiger partial charge is 0.275 e. The summed E-state index contributed by atoms with van der Waals surface area (Å²) in [5.41, 5.74) is 1.08. The van der Waals surface area contributed by atoms with Crippen LogP contribution in [0.2, 0.25) is 0 Å². The van der Waals surface area contributed by atoms with Crippen molar-refractivity contribution in [1.29, 1.82) is 0 Å². The van der Waals surface area contributed by atoms with E-state index < -0.39 is 0 Å². The molecular weight excluding hydrogens is 342 g/mol. The second-order valence-corrected chi connectivity index (χ2v) is 6.78. The summed E-state index contributed by atoms with van der Waals surface area (Å²) in [6.45, 7) is 3.82. The van der Waals surface area contributed by atoms with Gasteiger partial charge in [-0.1, -0.05) is 48.5 Å². The first kappa shape index (κ1) is 17.4. The highest BCUT2D eigenvalue weighted by Gasteiger charge is 2.26. The van der Waals surface area contributed by atoms with Gasteiger partial charge in [-0.25, -0.2) is 4.68 Å². The van der Waals surface area contributed by atoms with Crippen LogP contribution in [0.1, 0.15) is 23.0 Å². The van der Waals surface area contributed by atoms with Crippen molar-refractivity contribution in [2.45, 2.75) is 19.6 Å². The van der Waals surface area contributed by atoms with Crippen LogP contribution in [0.5, 0.6) is 0 Å². The average molecular weight is 363 g/mol. The number of carbonyl (C=O) groups is 1. The maximum Gasteiger partial charge on any atom is 0.275 e. The second-order valence-electron chi connectivity index (χ2n) is 6.78. The van der Waals surface area contributed by atoms with Crippen LogP contribution >= 0.6 is 0 Å². The van der Waals surface area contributed by atoms with E-state index in [0.29, 0.717) is 42.7 Å². The molecule has 1 aliphatic heterocycles. The van der Waals surface area contributed by atoms with Gasteiger partial charge in [0.1, 0.15) is 0 Å². The molecule has 6 nitrogen and oxygen atoms in total. The molecule has 27 heavy (non-hydrogen) atoms. The normalized spacial score (nSPS) is 17.2. The van der Waals surface area contributed by atoms with Crippen LogP contribution in [0, 0.1) is 0 Å². The molecule has 0 aliphatic carbocycles. The molecule has 1 amide bonds. The van der Waals surface area contributed by atoms with Gasteiger partial charge in [0.2, 0.25) is 0 Å². The summed E-state index contributed by atoms with van der Waals surface area (Å²) in [5.74, 6) is -0.164. The van der Waals surface area contributed by atoms with Crippen molar-refractivity contribution < 1.29 is 9.53 Å². The van der Waals surface area contributed by atoms with Crippen molar-refractivity contribution in [1.82, 2.24) is 14.7 Å². The van der Waals surface area contributed by atoms with E-state index in [2.05, 4.69) is 5.10 Å². The highest BCUT2D eigenvalue weighted by molar-refractivity contribution is 6.04. The summed E-state index contributed by atoms with van der Waals surface area (Å²) in [6.07, 6.45) is -0.0100. The molecule has 2 heterocycles. The van der Waals surface area contributed by atoms with Crippen molar-refractivity contribution in [3.05, 3.63) is 76.2 Å². The van der Waals surface area contributed by atoms with Crippen LogP contribution in [0.3, 0.4) is 0 Å². The number of aromatic nitrogens is 2. The number of hydrogen-bond donors (Lipinski definition) is 0. The Kier molecular flexibility index (Phi) is 4.73. The predicted octanol–water partition coefficient (Wildman–Crippen LogP) is 2.31. The van der Waals surface area contributed by atoms with Gasteiger partial charge in [-0.3, -0.25) is 9.59 Å². The largest absolute Gasteiger partial charge is 0.375 e. The number of benzene rings is 2. The second kappa shape index (κ2) is 7.32. The third-order valence-corrected chi connectivity index (χ3v) is 4.77. The van der Waals surface area contributed by atoms with Crippen LogP contribution in [-0.2, 0) is 11.3 Å². The van der Waals surface area contributed by atoms with Gasteiger partial charge in [0.15, 0.2) is 5.69 Å². The number of hydrogen-bond acceptors (Lipinski definition) is 4. The Morgan fingerprint density at radius 3 is 2.56 bits per heavy atom. The molecule has 1 aromatic heterocycles. The van der Waals surface area contributed by atoms with E-state index in [4.69, 9.17) is 4.74 Å². The van der Waals surface area contributed by atoms with E-state index >= 15 is 0 Å². The molecule has 3 aromatic rings. The Balaban J connectivity index is 1.80. The summed E-state index contributed by atoms with van der Waals surface area (Å²) >= 11 is 0. The first-order valence-electron chi connectivity index (χ1n) is 9.08.